The maximum atomic E-state index is 12.9. The highest BCUT2D eigenvalue weighted by Gasteiger charge is 2.36. The molecule has 29 heavy (non-hydrogen) atoms. The topological polar surface area (TPSA) is 128 Å². The molecule has 0 aliphatic carbocycles. The zero-order valence-corrected chi connectivity index (χ0v) is 16.5. The lowest BCUT2D eigenvalue weighted by atomic mass is 9.94. The molecule has 9 nitrogen and oxygen atoms in total. The highest BCUT2D eigenvalue weighted by molar-refractivity contribution is 6.02. The predicted octanol–water partition coefficient (Wildman–Crippen LogP) is 1.21. The van der Waals surface area contributed by atoms with Crippen LogP contribution >= 0.6 is 0 Å². The average molecular weight is 402 g/mol. The second kappa shape index (κ2) is 8.60. The second-order valence-electron chi connectivity index (χ2n) is 7.71. The first-order valence-corrected chi connectivity index (χ1v) is 9.73. The molecular weight excluding hydrogens is 376 g/mol. The van der Waals surface area contributed by atoms with Gasteiger partial charge in [-0.2, -0.15) is 0 Å². The third-order valence-electron chi connectivity index (χ3n) is 5.40. The van der Waals surface area contributed by atoms with Crippen LogP contribution in [0.4, 0.5) is 10.5 Å². The van der Waals surface area contributed by atoms with Gasteiger partial charge in [0.15, 0.2) is 5.78 Å². The number of Topliss-reactive ketones (excluding diaryl/α,β-unsaturated/α-hetero) is 1. The van der Waals surface area contributed by atoms with Crippen molar-refractivity contribution >= 4 is 29.4 Å². The summed E-state index contributed by atoms with van der Waals surface area (Å²) >= 11 is 0. The molecule has 156 valence electrons. The number of amides is 3. The van der Waals surface area contributed by atoms with Crippen LogP contribution in [-0.4, -0.2) is 64.4 Å². The Morgan fingerprint density at radius 3 is 2.72 bits per heavy atom. The van der Waals surface area contributed by atoms with Gasteiger partial charge in [-0.1, -0.05) is 12.1 Å². The van der Waals surface area contributed by atoms with E-state index in [1.54, 1.807) is 24.3 Å². The molecule has 4 atom stereocenters. The molecule has 1 aromatic rings. The summed E-state index contributed by atoms with van der Waals surface area (Å²) in [5.41, 5.74) is 1.04. The highest BCUT2D eigenvalue weighted by atomic mass is 16.4. The van der Waals surface area contributed by atoms with Crippen molar-refractivity contribution < 1.29 is 24.3 Å². The van der Waals surface area contributed by atoms with Crippen molar-refractivity contribution in [1.82, 2.24) is 15.5 Å². The van der Waals surface area contributed by atoms with E-state index in [-0.39, 0.29) is 42.5 Å². The van der Waals surface area contributed by atoms with E-state index in [2.05, 4.69) is 16.0 Å². The van der Waals surface area contributed by atoms with E-state index < -0.39 is 18.2 Å². The quantitative estimate of drug-likeness (QED) is 0.430. The fraction of sp³-hybridized carbons (Fsp3) is 0.500. The van der Waals surface area contributed by atoms with Crippen LogP contribution in [0.25, 0.3) is 0 Å². The first-order valence-electron chi connectivity index (χ1n) is 9.73. The Balaban J connectivity index is 1.69. The summed E-state index contributed by atoms with van der Waals surface area (Å²) in [5.74, 6) is -0.841. The van der Waals surface area contributed by atoms with E-state index in [1.807, 2.05) is 13.8 Å². The van der Waals surface area contributed by atoms with E-state index >= 15 is 0 Å². The molecule has 4 N–H and O–H groups in total. The summed E-state index contributed by atoms with van der Waals surface area (Å²) in [4.78, 5) is 49.0. The maximum Gasteiger partial charge on any atom is 0.407 e. The third kappa shape index (κ3) is 4.92. The van der Waals surface area contributed by atoms with Gasteiger partial charge in [0.25, 0.3) is 0 Å². The molecule has 1 aromatic carbocycles. The Labute approximate surface area is 168 Å². The minimum Gasteiger partial charge on any atom is -0.465 e. The van der Waals surface area contributed by atoms with Crippen molar-refractivity contribution in [1.29, 1.82) is 0 Å². The van der Waals surface area contributed by atoms with Crippen LogP contribution < -0.4 is 16.0 Å². The average Bonchev–Trinajstić information content (AvgIpc) is 2.66. The van der Waals surface area contributed by atoms with Crippen LogP contribution in [-0.2, 0) is 9.59 Å². The first kappa shape index (κ1) is 20.8. The van der Waals surface area contributed by atoms with Gasteiger partial charge >= 0.3 is 6.09 Å². The summed E-state index contributed by atoms with van der Waals surface area (Å²) in [6.45, 7) is 4.12. The normalized spacial score (nSPS) is 27.3. The molecule has 2 fully saturated rings. The smallest absolute Gasteiger partial charge is 0.407 e. The van der Waals surface area contributed by atoms with Gasteiger partial charge in [0.2, 0.25) is 11.8 Å². The number of imide groups is 1. The molecule has 9 heteroatoms. The van der Waals surface area contributed by atoms with Crippen LogP contribution in [0.5, 0.6) is 0 Å². The Hall–Kier alpha value is -2.94. The van der Waals surface area contributed by atoms with Crippen molar-refractivity contribution in [2.24, 2.45) is 0 Å². The van der Waals surface area contributed by atoms with Gasteiger partial charge in [0.05, 0.1) is 6.04 Å². The van der Waals surface area contributed by atoms with E-state index in [1.165, 1.54) is 4.90 Å². The van der Waals surface area contributed by atoms with Gasteiger partial charge in [0.1, 0.15) is 6.04 Å². The largest absolute Gasteiger partial charge is 0.465 e. The first-order chi connectivity index (χ1) is 13.7. The lowest BCUT2D eigenvalue weighted by Gasteiger charge is -2.41. The molecule has 3 rings (SSSR count). The lowest BCUT2D eigenvalue weighted by Crippen LogP contribution is -2.62. The number of carbonyl (C=O) groups is 4. The Bertz CT molecular complexity index is 827. The molecular formula is C20H26N4O5. The number of anilines is 1. The van der Waals surface area contributed by atoms with E-state index in [0.29, 0.717) is 24.2 Å². The predicted molar refractivity (Wildman–Crippen MR) is 106 cm³/mol. The van der Waals surface area contributed by atoms with Crippen molar-refractivity contribution in [3.63, 3.8) is 0 Å². The number of piperidine rings is 1. The number of carboxylic acid groups (broad SMARTS) is 1. The van der Waals surface area contributed by atoms with E-state index in [0.717, 1.165) is 0 Å². The van der Waals surface area contributed by atoms with Gasteiger partial charge in [-0.25, -0.2) is 4.79 Å². The van der Waals surface area contributed by atoms with Crippen LogP contribution in [0.3, 0.4) is 0 Å². The van der Waals surface area contributed by atoms with Crippen molar-refractivity contribution in [2.45, 2.75) is 57.3 Å². The number of piperazine rings is 1. The van der Waals surface area contributed by atoms with Gasteiger partial charge in [0, 0.05) is 42.7 Å². The second-order valence-corrected chi connectivity index (χ2v) is 7.71. The molecule has 2 heterocycles. The fourth-order valence-corrected chi connectivity index (χ4v) is 3.94. The number of benzene rings is 1. The Morgan fingerprint density at radius 1 is 1.28 bits per heavy atom. The van der Waals surface area contributed by atoms with Gasteiger partial charge in [-0.15, -0.1) is 0 Å². The summed E-state index contributed by atoms with van der Waals surface area (Å²) < 4.78 is 0. The monoisotopic (exact) mass is 402 g/mol. The fourth-order valence-electron chi connectivity index (χ4n) is 3.94. The molecule has 3 amide bonds. The molecule has 0 bridgehead atoms. The van der Waals surface area contributed by atoms with Gasteiger partial charge < -0.3 is 20.6 Å². The van der Waals surface area contributed by atoms with Crippen LogP contribution in [0.15, 0.2) is 24.3 Å². The number of carbonyl (C=O) groups excluding carboxylic acids is 3. The highest BCUT2D eigenvalue weighted by Crippen LogP contribution is 2.21. The lowest BCUT2D eigenvalue weighted by molar-refractivity contribution is -0.133. The van der Waals surface area contributed by atoms with E-state index in [9.17, 15) is 24.3 Å². The number of hydrogen-bond acceptors (Lipinski definition) is 6. The van der Waals surface area contributed by atoms with Crippen LogP contribution in [0.2, 0.25) is 0 Å². The molecule has 0 saturated carbocycles. The molecule has 2 aliphatic heterocycles. The number of nitrogens with zero attached hydrogens (tertiary/aromatic N) is 1. The zero-order chi connectivity index (χ0) is 21.1. The molecule has 0 aromatic heterocycles. The number of ketones is 1. The van der Waals surface area contributed by atoms with Crippen LogP contribution in [0, 0.1) is 0 Å². The summed E-state index contributed by atoms with van der Waals surface area (Å²) in [7, 11) is 0. The number of rotatable bonds is 5. The Kier molecular flexibility index (Phi) is 6.17. The van der Waals surface area contributed by atoms with Gasteiger partial charge in [-0.3, -0.25) is 19.7 Å². The van der Waals surface area contributed by atoms with Gasteiger partial charge in [-0.05, 0) is 32.4 Å². The molecule has 0 radical (unpaired) electrons. The molecule has 2 saturated heterocycles. The van der Waals surface area contributed by atoms with Crippen LogP contribution in [0.1, 0.15) is 43.5 Å². The minimum absolute atomic E-state index is 0.0218. The summed E-state index contributed by atoms with van der Waals surface area (Å²) in [6.07, 6.45) is -0.316. The van der Waals surface area contributed by atoms with Crippen molar-refractivity contribution in [3.8, 4) is 0 Å². The minimum atomic E-state index is -1.03. The molecule has 0 spiro atoms. The molecule has 2 aliphatic rings. The zero-order valence-electron chi connectivity index (χ0n) is 16.5. The van der Waals surface area contributed by atoms with Crippen molar-refractivity contribution in [2.75, 3.05) is 11.9 Å². The summed E-state index contributed by atoms with van der Waals surface area (Å²) in [5, 5.41) is 18.2. The summed E-state index contributed by atoms with van der Waals surface area (Å²) in [6, 6.07) is 5.66. The molecule has 4 unspecified atom stereocenters. The van der Waals surface area contributed by atoms with E-state index in [4.69, 9.17) is 0 Å². The Morgan fingerprint density at radius 2 is 2.03 bits per heavy atom. The van der Waals surface area contributed by atoms with Crippen molar-refractivity contribution in [3.05, 3.63) is 29.8 Å². The standard InChI is InChI=1S/C20H26N4O5/c1-11-10-24(20(28)29)16(12(2)21-11)9-17(25)13-4-3-5-14(8-13)22-15-6-7-18(26)23-19(15)27/h3-5,8,11-12,15-16,21-22H,6-7,9-10H2,1-2H3,(H,28,29)(H,23,26,27). The number of nitrogens with one attached hydrogen (secondary N) is 3. The maximum absolute atomic E-state index is 12.9. The number of hydrogen-bond donors (Lipinski definition) is 4. The SMILES string of the molecule is CC1CN(C(=O)O)C(CC(=O)c2cccc(NC3CCC(=O)NC3=O)c2)C(C)N1. The third-order valence-corrected chi connectivity index (χ3v) is 5.40.